The van der Waals surface area contributed by atoms with Crippen molar-refractivity contribution >= 4 is 16.9 Å². The summed E-state index contributed by atoms with van der Waals surface area (Å²) in [6.45, 7) is 8.60. The zero-order chi connectivity index (χ0) is 19.5. The van der Waals surface area contributed by atoms with Gasteiger partial charge in [-0.15, -0.1) is 0 Å². The molecule has 7 heteroatoms. The number of ether oxygens (including phenoxy) is 1. The van der Waals surface area contributed by atoms with Gasteiger partial charge in [-0.2, -0.15) is 5.10 Å². The van der Waals surface area contributed by atoms with Crippen molar-refractivity contribution in [2.24, 2.45) is 0 Å². The van der Waals surface area contributed by atoms with Gasteiger partial charge in [0.1, 0.15) is 0 Å². The molecule has 1 N–H and O–H groups in total. The molecule has 2 aromatic heterocycles. The van der Waals surface area contributed by atoms with E-state index in [1.54, 1.807) is 0 Å². The van der Waals surface area contributed by atoms with E-state index in [2.05, 4.69) is 20.3 Å². The van der Waals surface area contributed by atoms with Crippen molar-refractivity contribution in [3.63, 3.8) is 0 Å². The number of aryl methyl sites for hydroxylation is 2. The summed E-state index contributed by atoms with van der Waals surface area (Å²) in [7, 11) is 0. The van der Waals surface area contributed by atoms with Crippen LogP contribution in [0.15, 0.2) is 36.4 Å². The summed E-state index contributed by atoms with van der Waals surface area (Å²) in [4.78, 5) is 19.9. The number of fused-ring (bicyclic) bond motifs is 1. The molecule has 0 radical (unpaired) electrons. The first-order chi connectivity index (χ1) is 13.6. The average Bonchev–Trinajstić information content (AvgIpc) is 3.05. The number of carbonyl (C=O) groups is 1. The molecule has 7 nitrogen and oxygen atoms in total. The molecular weight excluding hydrogens is 354 g/mol. The Bertz CT molecular complexity index is 977. The Balaban J connectivity index is 1.60. The Labute approximate surface area is 164 Å². The van der Waals surface area contributed by atoms with Gasteiger partial charge in [-0.05, 0) is 32.0 Å². The minimum atomic E-state index is -0.0838. The van der Waals surface area contributed by atoms with Crippen LogP contribution in [0.5, 0.6) is 0 Å². The fourth-order valence-corrected chi connectivity index (χ4v) is 3.59. The lowest BCUT2D eigenvalue weighted by molar-refractivity contribution is 0.0383. The van der Waals surface area contributed by atoms with Gasteiger partial charge in [0.15, 0.2) is 5.65 Å². The molecule has 0 spiro atoms. The molecule has 3 aromatic rings. The van der Waals surface area contributed by atoms with Crippen LogP contribution in [-0.4, -0.2) is 65.0 Å². The predicted molar refractivity (Wildman–Crippen MR) is 108 cm³/mol. The predicted octanol–water partition coefficient (Wildman–Crippen LogP) is 2.10. The molecule has 0 bridgehead atoms. The van der Waals surface area contributed by atoms with Gasteiger partial charge in [0.25, 0.3) is 5.91 Å². The molecule has 1 aliphatic heterocycles. The van der Waals surface area contributed by atoms with Gasteiger partial charge in [0, 0.05) is 31.9 Å². The number of amides is 1. The topological polar surface area (TPSA) is 72.3 Å². The van der Waals surface area contributed by atoms with Crippen molar-refractivity contribution in [2.45, 2.75) is 13.8 Å². The zero-order valence-corrected chi connectivity index (χ0v) is 16.3. The van der Waals surface area contributed by atoms with Crippen LogP contribution in [0.25, 0.3) is 16.7 Å². The first-order valence-electron chi connectivity index (χ1n) is 9.64. The van der Waals surface area contributed by atoms with E-state index in [9.17, 15) is 4.79 Å². The molecule has 4 rings (SSSR count). The molecule has 1 aromatic carbocycles. The van der Waals surface area contributed by atoms with E-state index in [1.165, 1.54) is 0 Å². The Hall–Kier alpha value is -2.77. The minimum Gasteiger partial charge on any atom is -0.379 e. The van der Waals surface area contributed by atoms with Crippen LogP contribution in [0.2, 0.25) is 0 Å². The summed E-state index contributed by atoms with van der Waals surface area (Å²) >= 11 is 0. The maximum atomic E-state index is 12.9. The number of hydrogen-bond donors (Lipinski definition) is 1. The molecule has 1 fully saturated rings. The van der Waals surface area contributed by atoms with E-state index in [1.807, 2.05) is 54.9 Å². The quantitative estimate of drug-likeness (QED) is 0.735. The Kier molecular flexibility index (Phi) is 5.36. The number of nitrogens with one attached hydrogen (secondary N) is 1. The third-order valence-corrected chi connectivity index (χ3v) is 5.00. The van der Waals surface area contributed by atoms with Gasteiger partial charge in [-0.1, -0.05) is 18.2 Å². The summed E-state index contributed by atoms with van der Waals surface area (Å²) in [5.74, 6) is -0.0838. The van der Waals surface area contributed by atoms with Crippen molar-refractivity contribution in [2.75, 3.05) is 39.4 Å². The molecule has 0 saturated carbocycles. The van der Waals surface area contributed by atoms with Crippen LogP contribution in [0.4, 0.5) is 0 Å². The third kappa shape index (κ3) is 3.76. The Morgan fingerprint density at radius 1 is 1.18 bits per heavy atom. The van der Waals surface area contributed by atoms with Crippen molar-refractivity contribution in [1.29, 1.82) is 0 Å². The largest absolute Gasteiger partial charge is 0.379 e. The fraction of sp³-hybridized carbons (Fsp3) is 0.381. The molecule has 0 aliphatic carbocycles. The SMILES string of the molecule is Cc1cc(C(=O)NCCN2CCOCC2)c2c(C)nn(-c3ccccc3)c2n1. The summed E-state index contributed by atoms with van der Waals surface area (Å²) in [5.41, 5.74) is 3.86. The average molecular weight is 379 g/mol. The number of morpholine rings is 1. The summed E-state index contributed by atoms with van der Waals surface area (Å²) < 4.78 is 7.17. The van der Waals surface area contributed by atoms with Gasteiger partial charge in [-0.25, -0.2) is 9.67 Å². The Morgan fingerprint density at radius 3 is 2.68 bits per heavy atom. The summed E-state index contributed by atoms with van der Waals surface area (Å²) in [6, 6.07) is 11.7. The van der Waals surface area contributed by atoms with E-state index in [4.69, 9.17) is 4.74 Å². The number of pyridine rings is 1. The normalized spacial score (nSPS) is 15.1. The number of para-hydroxylation sites is 1. The maximum absolute atomic E-state index is 12.9. The molecule has 0 unspecified atom stereocenters. The molecule has 0 atom stereocenters. The van der Waals surface area contributed by atoms with Gasteiger partial charge >= 0.3 is 0 Å². The molecule has 146 valence electrons. The first kappa shape index (κ1) is 18.6. The number of benzene rings is 1. The van der Waals surface area contributed by atoms with Gasteiger partial charge in [0.2, 0.25) is 0 Å². The van der Waals surface area contributed by atoms with Crippen molar-refractivity contribution < 1.29 is 9.53 Å². The number of nitrogens with zero attached hydrogens (tertiary/aromatic N) is 4. The van der Waals surface area contributed by atoms with E-state index in [-0.39, 0.29) is 5.91 Å². The monoisotopic (exact) mass is 379 g/mol. The van der Waals surface area contributed by atoms with Gasteiger partial charge in [-0.3, -0.25) is 9.69 Å². The highest BCUT2D eigenvalue weighted by Gasteiger charge is 2.19. The molecular formula is C21H25N5O2. The molecule has 1 aliphatic rings. The zero-order valence-electron chi connectivity index (χ0n) is 16.3. The highest BCUT2D eigenvalue weighted by Crippen LogP contribution is 2.24. The number of carbonyl (C=O) groups excluding carboxylic acids is 1. The molecule has 3 heterocycles. The van der Waals surface area contributed by atoms with E-state index in [0.29, 0.717) is 17.8 Å². The van der Waals surface area contributed by atoms with Crippen LogP contribution >= 0.6 is 0 Å². The van der Waals surface area contributed by atoms with Crippen LogP contribution in [0.3, 0.4) is 0 Å². The highest BCUT2D eigenvalue weighted by molar-refractivity contribution is 6.06. The number of hydrogen-bond acceptors (Lipinski definition) is 5. The maximum Gasteiger partial charge on any atom is 0.252 e. The van der Waals surface area contributed by atoms with Crippen LogP contribution in [0, 0.1) is 13.8 Å². The van der Waals surface area contributed by atoms with Crippen molar-refractivity contribution in [1.82, 2.24) is 25.0 Å². The second-order valence-corrected chi connectivity index (χ2v) is 7.05. The van der Waals surface area contributed by atoms with Gasteiger partial charge in [0.05, 0.1) is 35.5 Å². The fourth-order valence-electron chi connectivity index (χ4n) is 3.59. The standard InChI is InChI=1S/C21H25N5O2/c1-15-14-18(21(27)22-8-9-25-10-12-28-13-11-25)19-16(2)24-26(20(19)23-15)17-6-4-3-5-7-17/h3-7,14H,8-13H2,1-2H3,(H,22,27). The van der Waals surface area contributed by atoms with E-state index in [0.717, 1.165) is 55.3 Å². The van der Waals surface area contributed by atoms with Crippen molar-refractivity contribution in [3.8, 4) is 5.69 Å². The lowest BCUT2D eigenvalue weighted by Gasteiger charge is -2.26. The lowest BCUT2D eigenvalue weighted by atomic mass is 10.1. The van der Waals surface area contributed by atoms with E-state index >= 15 is 0 Å². The van der Waals surface area contributed by atoms with Crippen LogP contribution in [-0.2, 0) is 4.74 Å². The minimum absolute atomic E-state index is 0.0838. The molecule has 28 heavy (non-hydrogen) atoms. The van der Waals surface area contributed by atoms with Gasteiger partial charge < -0.3 is 10.1 Å². The molecule has 1 amide bonds. The smallest absolute Gasteiger partial charge is 0.252 e. The second-order valence-electron chi connectivity index (χ2n) is 7.05. The molecule has 1 saturated heterocycles. The third-order valence-electron chi connectivity index (χ3n) is 5.00. The number of aromatic nitrogens is 3. The van der Waals surface area contributed by atoms with E-state index < -0.39 is 0 Å². The highest BCUT2D eigenvalue weighted by atomic mass is 16.5. The lowest BCUT2D eigenvalue weighted by Crippen LogP contribution is -2.41. The first-order valence-corrected chi connectivity index (χ1v) is 9.64. The van der Waals surface area contributed by atoms with Crippen LogP contribution < -0.4 is 5.32 Å². The second kappa shape index (κ2) is 8.08. The number of rotatable bonds is 5. The van der Waals surface area contributed by atoms with Crippen LogP contribution in [0.1, 0.15) is 21.7 Å². The summed E-state index contributed by atoms with van der Waals surface area (Å²) in [6.07, 6.45) is 0. The summed E-state index contributed by atoms with van der Waals surface area (Å²) in [5, 5.41) is 8.51. The Morgan fingerprint density at radius 2 is 1.93 bits per heavy atom. The van der Waals surface area contributed by atoms with Crippen molar-refractivity contribution in [3.05, 3.63) is 53.3 Å².